The van der Waals surface area contributed by atoms with Crippen molar-refractivity contribution in [2.45, 2.75) is 37.8 Å². The van der Waals surface area contributed by atoms with Crippen LogP contribution in [0, 0.1) is 11.6 Å². The quantitative estimate of drug-likeness (QED) is 0.506. The van der Waals surface area contributed by atoms with Crippen LogP contribution >= 0.6 is 31.9 Å². The van der Waals surface area contributed by atoms with Crippen LogP contribution in [0.25, 0.3) is 0 Å². The van der Waals surface area contributed by atoms with Crippen molar-refractivity contribution in [2.75, 3.05) is 4.90 Å². The number of nitrogens with two attached hydrogens (primary N) is 2. The number of aliphatic imine (C=N–C) groups is 2. The highest BCUT2D eigenvalue weighted by atomic mass is 79.9. The van der Waals surface area contributed by atoms with Gasteiger partial charge >= 0.3 is 0 Å². The Balaban J connectivity index is 2.18. The summed E-state index contributed by atoms with van der Waals surface area (Å²) in [7, 11) is 0. The van der Waals surface area contributed by atoms with Gasteiger partial charge in [-0.25, -0.2) is 13.8 Å². The molecule has 1 saturated carbocycles. The Labute approximate surface area is 149 Å². The fraction of sp³-hybridized carbons (Fsp3) is 0.429. The number of hydrogen-bond donors (Lipinski definition) is 2. The van der Waals surface area contributed by atoms with Crippen LogP contribution in [0.4, 0.5) is 14.5 Å². The number of benzene rings is 1. The molecule has 0 amide bonds. The number of anilines is 1. The lowest BCUT2D eigenvalue weighted by Gasteiger charge is -2.45. The maximum absolute atomic E-state index is 14.3. The average molecular weight is 451 g/mol. The van der Waals surface area contributed by atoms with Gasteiger partial charge in [0.05, 0.1) is 14.6 Å². The van der Waals surface area contributed by atoms with E-state index in [2.05, 4.69) is 41.8 Å². The zero-order valence-electron chi connectivity index (χ0n) is 12.1. The van der Waals surface area contributed by atoms with Crippen molar-refractivity contribution >= 4 is 49.5 Å². The number of guanidine groups is 2. The SMILES string of the molecule is NC1=NC2(CCCCC2)N(c2cc(F)c(Br)c(F)c2Br)C(N)=N1. The number of rotatable bonds is 1. The fourth-order valence-corrected chi connectivity index (χ4v) is 4.26. The lowest BCUT2D eigenvalue weighted by molar-refractivity contribution is 0.305. The smallest absolute Gasteiger partial charge is 0.220 e. The Bertz CT molecular complexity index is 714. The monoisotopic (exact) mass is 449 g/mol. The van der Waals surface area contributed by atoms with E-state index >= 15 is 0 Å². The van der Waals surface area contributed by atoms with Crippen LogP contribution in [-0.4, -0.2) is 17.6 Å². The van der Waals surface area contributed by atoms with Crippen LogP contribution in [0.1, 0.15) is 32.1 Å². The molecule has 5 nitrogen and oxygen atoms in total. The molecule has 23 heavy (non-hydrogen) atoms. The lowest BCUT2D eigenvalue weighted by atomic mass is 9.87. The first-order valence-electron chi connectivity index (χ1n) is 7.18. The van der Waals surface area contributed by atoms with Crippen LogP contribution in [0.3, 0.4) is 0 Å². The van der Waals surface area contributed by atoms with Crippen LogP contribution < -0.4 is 16.4 Å². The second-order valence-electron chi connectivity index (χ2n) is 5.64. The van der Waals surface area contributed by atoms with Crippen molar-refractivity contribution in [1.82, 2.24) is 0 Å². The first-order chi connectivity index (χ1) is 10.9. The van der Waals surface area contributed by atoms with Gasteiger partial charge in [0.2, 0.25) is 11.9 Å². The summed E-state index contributed by atoms with van der Waals surface area (Å²) in [4.78, 5) is 10.1. The molecule has 1 aliphatic carbocycles. The largest absolute Gasteiger partial charge is 0.369 e. The summed E-state index contributed by atoms with van der Waals surface area (Å²) in [5.74, 6) is -1.28. The summed E-state index contributed by atoms with van der Waals surface area (Å²) in [5, 5.41) is 0. The maximum Gasteiger partial charge on any atom is 0.220 e. The summed E-state index contributed by atoms with van der Waals surface area (Å²) < 4.78 is 28.2. The molecule has 1 aliphatic heterocycles. The molecule has 3 rings (SSSR count). The van der Waals surface area contributed by atoms with Gasteiger partial charge in [-0.1, -0.05) is 6.42 Å². The summed E-state index contributed by atoms with van der Waals surface area (Å²) in [6.45, 7) is 0. The van der Waals surface area contributed by atoms with Crippen LogP contribution in [0.15, 0.2) is 25.0 Å². The predicted molar refractivity (Wildman–Crippen MR) is 93.3 cm³/mol. The van der Waals surface area contributed by atoms with Gasteiger partial charge in [0.1, 0.15) is 11.5 Å². The molecule has 0 radical (unpaired) electrons. The first-order valence-corrected chi connectivity index (χ1v) is 8.77. The van der Waals surface area contributed by atoms with E-state index < -0.39 is 17.3 Å². The average Bonchev–Trinajstić information content (AvgIpc) is 2.50. The van der Waals surface area contributed by atoms with Crippen molar-refractivity contribution in [3.8, 4) is 0 Å². The van der Waals surface area contributed by atoms with Gasteiger partial charge in [0.15, 0.2) is 5.82 Å². The van der Waals surface area contributed by atoms with Gasteiger partial charge in [0, 0.05) is 6.07 Å². The van der Waals surface area contributed by atoms with Crippen molar-refractivity contribution < 1.29 is 8.78 Å². The van der Waals surface area contributed by atoms with E-state index in [0.717, 1.165) is 19.3 Å². The minimum atomic E-state index is -0.747. The standard InChI is InChI=1S/C14H15Br2F2N5/c15-9-7(17)6-8(10(16)11(9)18)23-13(20)21-12(19)22-14(23)4-2-1-3-5-14/h6H,1-5H2,(H4,19,20,21,22). The third-order valence-electron chi connectivity index (χ3n) is 4.18. The van der Waals surface area contributed by atoms with Crippen molar-refractivity contribution in [3.63, 3.8) is 0 Å². The molecule has 1 aromatic rings. The molecule has 1 fully saturated rings. The molecule has 2 aliphatic rings. The normalized spacial score (nSPS) is 20.4. The van der Waals surface area contributed by atoms with E-state index in [1.165, 1.54) is 6.07 Å². The van der Waals surface area contributed by atoms with Gasteiger partial charge in [-0.2, -0.15) is 4.99 Å². The summed E-state index contributed by atoms with van der Waals surface area (Å²) in [6, 6.07) is 1.22. The molecule has 0 aromatic heterocycles. The fourth-order valence-electron chi connectivity index (χ4n) is 3.19. The Hall–Kier alpha value is -1.22. The number of halogens is 4. The lowest BCUT2D eigenvalue weighted by Crippen LogP contribution is -2.58. The molecular formula is C14H15Br2F2N5. The van der Waals surface area contributed by atoms with Gasteiger partial charge in [-0.05, 0) is 57.5 Å². The molecule has 1 aromatic carbocycles. The zero-order valence-corrected chi connectivity index (χ0v) is 15.3. The highest BCUT2D eigenvalue weighted by Gasteiger charge is 2.43. The Morgan fingerprint density at radius 3 is 2.39 bits per heavy atom. The van der Waals surface area contributed by atoms with E-state index in [4.69, 9.17) is 11.5 Å². The highest BCUT2D eigenvalue weighted by molar-refractivity contribution is 9.11. The Kier molecular flexibility index (Phi) is 4.35. The van der Waals surface area contributed by atoms with E-state index in [1.807, 2.05) is 0 Å². The molecule has 1 heterocycles. The third kappa shape index (κ3) is 2.73. The van der Waals surface area contributed by atoms with Gasteiger partial charge in [-0.3, -0.25) is 4.90 Å². The second kappa shape index (κ2) is 6.01. The van der Waals surface area contributed by atoms with E-state index in [9.17, 15) is 8.78 Å². The number of hydrogen-bond acceptors (Lipinski definition) is 5. The second-order valence-corrected chi connectivity index (χ2v) is 7.22. The maximum atomic E-state index is 14.3. The molecule has 0 unspecified atom stereocenters. The van der Waals surface area contributed by atoms with Gasteiger partial charge < -0.3 is 11.5 Å². The first kappa shape index (κ1) is 16.6. The topological polar surface area (TPSA) is 80.0 Å². The molecule has 124 valence electrons. The molecule has 0 bridgehead atoms. The molecule has 0 atom stereocenters. The molecule has 0 saturated heterocycles. The predicted octanol–water partition coefficient (Wildman–Crippen LogP) is 3.60. The van der Waals surface area contributed by atoms with Gasteiger partial charge in [-0.15, -0.1) is 0 Å². The minimum Gasteiger partial charge on any atom is -0.369 e. The Morgan fingerprint density at radius 1 is 1.09 bits per heavy atom. The van der Waals surface area contributed by atoms with Gasteiger partial charge in [0.25, 0.3) is 0 Å². The molecule has 1 spiro atoms. The summed E-state index contributed by atoms with van der Waals surface area (Å²) in [6.07, 6.45) is 4.32. The molecular weight excluding hydrogens is 436 g/mol. The van der Waals surface area contributed by atoms with Crippen molar-refractivity contribution in [2.24, 2.45) is 21.5 Å². The minimum absolute atomic E-state index is 0.0845. The highest BCUT2D eigenvalue weighted by Crippen LogP contribution is 2.44. The van der Waals surface area contributed by atoms with E-state index in [0.29, 0.717) is 12.8 Å². The number of nitrogens with zero attached hydrogens (tertiary/aromatic N) is 3. The zero-order chi connectivity index (χ0) is 16.8. The van der Waals surface area contributed by atoms with E-state index in [-0.39, 0.29) is 26.6 Å². The third-order valence-corrected chi connectivity index (χ3v) is 5.66. The molecule has 4 N–H and O–H groups in total. The van der Waals surface area contributed by atoms with Crippen LogP contribution in [0.2, 0.25) is 0 Å². The Morgan fingerprint density at radius 2 is 1.74 bits per heavy atom. The van der Waals surface area contributed by atoms with E-state index in [1.54, 1.807) is 4.90 Å². The van der Waals surface area contributed by atoms with Crippen molar-refractivity contribution in [1.29, 1.82) is 0 Å². The summed E-state index contributed by atoms with van der Waals surface area (Å²) >= 11 is 6.08. The summed E-state index contributed by atoms with van der Waals surface area (Å²) in [5.41, 5.74) is 11.3. The van der Waals surface area contributed by atoms with Crippen LogP contribution in [-0.2, 0) is 0 Å². The van der Waals surface area contributed by atoms with Crippen LogP contribution in [0.5, 0.6) is 0 Å². The molecule has 9 heteroatoms. The van der Waals surface area contributed by atoms with Crippen molar-refractivity contribution in [3.05, 3.63) is 26.6 Å².